The molecule has 0 saturated heterocycles. The monoisotopic (exact) mass is 538 g/mol. The molecular weight excluding hydrogens is 512 g/mol. The summed E-state index contributed by atoms with van der Waals surface area (Å²) < 4.78 is 13.9. The smallest absolute Gasteiger partial charge is 0.407 e. The molecule has 1 amide bonds. The van der Waals surface area contributed by atoms with Crippen LogP contribution in [0.15, 0.2) is 59.5 Å². The number of nitrogens with zero attached hydrogens (tertiary/aromatic N) is 4. The van der Waals surface area contributed by atoms with Crippen molar-refractivity contribution in [1.82, 2.24) is 25.1 Å². The van der Waals surface area contributed by atoms with Crippen molar-refractivity contribution in [3.63, 3.8) is 0 Å². The van der Waals surface area contributed by atoms with Gasteiger partial charge in [-0.3, -0.25) is 4.68 Å². The van der Waals surface area contributed by atoms with Crippen LogP contribution in [0.4, 0.5) is 16.4 Å². The SMILES string of the molecule is Cn1cc(-c2cc(Nc3ncc4cc(Br)ccc4n3)cc(OCCNC(=O)OC(C)(C)C)c2)cn1. The topological polar surface area (TPSA) is 103 Å². The second-order valence-corrected chi connectivity index (χ2v) is 9.86. The zero-order valence-corrected chi connectivity index (χ0v) is 21.6. The third-order valence-corrected chi connectivity index (χ3v) is 5.27. The average molecular weight is 539 g/mol. The predicted octanol–water partition coefficient (Wildman–Crippen LogP) is 5.44. The summed E-state index contributed by atoms with van der Waals surface area (Å²) in [6.45, 7) is 6.04. The molecule has 4 aromatic rings. The Kier molecular flexibility index (Phi) is 7.20. The van der Waals surface area contributed by atoms with Crippen LogP contribution in [0.3, 0.4) is 0 Å². The van der Waals surface area contributed by atoms with E-state index in [2.05, 4.69) is 41.6 Å². The zero-order chi connectivity index (χ0) is 25.0. The Labute approximate surface area is 212 Å². The summed E-state index contributed by atoms with van der Waals surface area (Å²) in [6.07, 6.45) is 5.02. The van der Waals surface area contributed by atoms with Crippen LogP contribution < -0.4 is 15.4 Å². The first kappa shape index (κ1) is 24.5. The van der Waals surface area contributed by atoms with Crippen LogP contribution >= 0.6 is 15.9 Å². The second kappa shape index (κ2) is 10.3. The number of fused-ring (bicyclic) bond motifs is 1. The summed E-state index contributed by atoms with van der Waals surface area (Å²) in [6, 6.07) is 11.6. The third kappa shape index (κ3) is 6.92. The van der Waals surface area contributed by atoms with Crippen LogP contribution in [-0.4, -0.2) is 44.6 Å². The second-order valence-electron chi connectivity index (χ2n) is 8.95. The van der Waals surface area contributed by atoms with Crippen LogP contribution in [0.5, 0.6) is 5.75 Å². The molecule has 9 nitrogen and oxygen atoms in total. The van der Waals surface area contributed by atoms with Gasteiger partial charge in [-0.15, -0.1) is 0 Å². The van der Waals surface area contributed by atoms with E-state index in [1.165, 1.54) is 0 Å². The highest BCUT2D eigenvalue weighted by Gasteiger charge is 2.15. The Hall–Kier alpha value is -3.66. The van der Waals surface area contributed by atoms with Gasteiger partial charge in [0.2, 0.25) is 5.95 Å². The molecule has 0 aliphatic carbocycles. The van der Waals surface area contributed by atoms with E-state index in [0.29, 0.717) is 18.2 Å². The van der Waals surface area contributed by atoms with Crippen molar-refractivity contribution in [2.45, 2.75) is 26.4 Å². The number of benzene rings is 2. The Morgan fingerprint density at radius 2 is 1.94 bits per heavy atom. The number of carbonyl (C=O) groups is 1. The predicted molar refractivity (Wildman–Crippen MR) is 139 cm³/mol. The van der Waals surface area contributed by atoms with E-state index in [1.54, 1.807) is 17.1 Å². The average Bonchev–Trinajstić information content (AvgIpc) is 3.22. The summed E-state index contributed by atoms with van der Waals surface area (Å²) in [5.74, 6) is 1.10. The minimum Gasteiger partial charge on any atom is -0.492 e. The van der Waals surface area contributed by atoms with Crippen LogP contribution in [0, 0.1) is 0 Å². The van der Waals surface area contributed by atoms with E-state index in [-0.39, 0.29) is 6.61 Å². The van der Waals surface area contributed by atoms with Crippen LogP contribution in [0.25, 0.3) is 22.0 Å². The number of rotatable bonds is 7. The molecule has 10 heteroatoms. The molecule has 2 aromatic carbocycles. The highest BCUT2D eigenvalue weighted by Crippen LogP contribution is 2.30. The van der Waals surface area contributed by atoms with Crippen molar-refractivity contribution >= 4 is 44.6 Å². The number of aryl methyl sites for hydroxylation is 1. The van der Waals surface area contributed by atoms with Gasteiger partial charge in [-0.1, -0.05) is 15.9 Å². The van der Waals surface area contributed by atoms with Gasteiger partial charge in [0, 0.05) is 46.6 Å². The fourth-order valence-corrected chi connectivity index (χ4v) is 3.70. The van der Waals surface area contributed by atoms with Gasteiger partial charge in [-0.2, -0.15) is 5.10 Å². The third-order valence-electron chi connectivity index (χ3n) is 4.78. The molecule has 182 valence electrons. The maximum Gasteiger partial charge on any atom is 0.407 e. The number of nitrogens with one attached hydrogen (secondary N) is 2. The van der Waals surface area contributed by atoms with Crippen molar-refractivity contribution in [1.29, 1.82) is 0 Å². The van der Waals surface area contributed by atoms with E-state index in [0.717, 1.165) is 32.2 Å². The number of aromatic nitrogens is 4. The molecule has 0 radical (unpaired) electrons. The molecule has 2 heterocycles. The molecule has 0 saturated carbocycles. The number of halogens is 1. The quantitative estimate of drug-likeness (QED) is 0.302. The molecule has 35 heavy (non-hydrogen) atoms. The van der Waals surface area contributed by atoms with Crippen molar-refractivity contribution < 1.29 is 14.3 Å². The van der Waals surface area contributed by atoms with E-state index < -0.39 is 11.7 Å². The largest absolute Gasteiger partial charge is 0.492 e. The van der Waals surface area contributed by atoms with Crippen molar-refractivity contribution in [2.75, 3.05) is 18.5 Å². The van der Waals surface area contributed by atoms with Crippen molar-refractivity contribution in [3.8, 4) is 16.9 Å². The summed E-state index contributed by atoms with van der Waals surface area (Å²) in [7, 11) is 1.87. The van der Waals surface area contributed by atoms with Crippen LogP contribution in [-0.2, 0) is 11.8 Å². The van der Waals surface area contributed by atoms with Gasteiger partial charge < -0.3 is 20.1 Å². The van der Waals surface area contributed by atoms with Gasteiger partial charge in [-0.05, 0) is 56.7 Å². The first-order valence-electron chi connectivity index (χ1n) is 11.1. The Morgan fingerprint density at radius 3 is 2.69 bits per heavy atom. The van der Waals surface area contributed by atoms with Gasteiger partial charge >= 0.3 is 6.09 Å². The van der Waals surface area contributed by atoms with E-state index in [4.69, 9.17) is 9.47 Å². The van der Waals surface area contributed by atoms with Gasteiger partial charge in [0.15, 0.2) is 0 Å². The number of hydrogen-bond acceptors (Lipinski definition) is 7. The molecule has 0 aliphatic heterocycles. The molecule has 0 atom stereocenters. The number of anilines is 2. The van der Waals surface area contributed by atoms with Crippen LogP contribution in [0.2, 0.25) is 0 Å². The lowest BCUT2D eigenvalue weighted by molar-refractivity contribution is 0.0520. The summed E-state index contributed by atoms with van der Waals surface area (Å²) in [5, 5.41) is 11.2. The fraction of sp³-hybridized carbons (Fsp3) is 0.280. The summed E-state index contributed by atoms with van der Waals surface area (Å²) in [5.41, 5.74) is 2.90. The normalized spacial score (nSPS) is 11.3. The van der Waals surface area contributed by atoms with Gasteiger partial charge in [-0.25, -0.2) is 14.8 Å². The van der Waals surface area contributed by atoms with Crippen molar-refractivity contribution in [2.24, 2.45) is 7.05 Å². The number of amides is 1. The Balaban J connectivity index is 1.51. The molecule has 4 rings (SSSR count). The zero-order valence-electron chi connectivity index (χ0n) is 20.0. The molecule has 0 spiro atoms. The molecule has 0 bridgehead atoms. The molecule has 0 aliphatic rings. The summed E-state index contributed by atoms with van der Waals surface area (Å²) in [4.78, 5) is 20.9. The lowest BCUT2D eigenvalue weighted by atomic mass is 10.1. The molecule has 0 unspecified atom stereocenters. The molecular formula is C25H27BrN6O3. The van der Waals surface area contributed by atoms with Gasteiger partial charge in [0.25, 0.3) is 0 Å². The fourth-order valence-electron chi connectivity index (χ4n) is 3.32. The highest BCUT2D eigenvalue weighted by atomic mass is 79.9. The standard InChI is InChI=1S/C25H27BrN6O3/c1-25(2,3)35-24(33)27-7-8-34-21-11-16(18-14-29-32(4)15-18)10-20(12-21)30-23-28-13-17-9-19(26)5-6-22(17)31-23/h5-6,9-15H,7-8H2,1-4H3,(H,27,33)(H,28,30,31). The van der Waals surface area contributed by atoms with E-state index in [9.17, 15) is 4.79 Å². The first-order valence-corrected chi connectivity index (χ1v) is 11.9. The lowest BCUT2D eigenvalue weighted by Gasteiger charge is -2.19. The van der Waals surface area contributed by atoms with E-state index in [1.807, 2.05) is 70.4 Å². The minimum atomic E-state index is -0.551. The maximum atomic E-state index is 11.9. The maximum absolute atomic E-state index is 11.9. The number of carbonyl (C=O) groups excluding carboxylic acids is 1. The van der Waals surface area contributed by atoms with Gasteiger partial charge in [0.1, 0.15) is 18.0 Å². The first-order chi connectivity index (χ1) is 16.6. The molecule has 2 N–H and O–H groups in total. The van der Waals surface area contributed by atoms with Crippen LogP contribution in [0.1, 0.15) is 20.8 Å². The Bertz CT molecular complexity index is 1350. The van der Waals surface area contributed by atoms with E-state index >= 15 is 0 Å². The van der Waals surface area contributed by atoms with Gasteiger partial charge in [0.05, 0.1) is 18.3 Å². The molecule has 0 fully saturated rings. The minimum absolute atomic E-state index is 0.274. The number of alkyl carbamates (subject to hydrolysis) is 1. The number of hydrogen-bond donors (Lipinski definition) is 2. The number of ether oxygens (including phenoxy) is 2. The highest BCUT2D eigenvalue weighted by molar-refractivity contribution is 9.10. The lowest BCUT2D eigenvalue weighted by Crippen LogP contribution is -2.34. The molecule has 2 aromatic heterocycles. The van der Waals surface area contributed by atoms with Crippen molar-refractivity contribution in [3.05, 3.63) is 59.5 Å². The summed E-state index contributed by atoms with van der Waals surface area (Å²) >= 11 is 3.47. The Morgan fingerprint density at radius 1 is 1.11 bits per heavy atom.